The van der Waals surface area contributed by atoms with Crippen molar-refractivity contribution in [1.82, 2.24) is 14.6 Å². The lowest BCUT2D eigenvalue weighted by molar-refractivity contribution is 0.959. The summed E-state index contributed by atoms with van der Waals surface area (Å²) in [5.74, 6) is 0. The Bertz CT molecular complexity index is 479. The molecule has 0 atom stereocenters. The highest BCUT2D eigenvalue weighted by atomic mass is 79.9. The van der Waals surface area contributed by atoms with E-state index in [0.29, 0.717) is 0 Å². The minimum atomic E-state index is -0.260. The van der Waals surface area contributed by atoms with Crippen LogP contribution in [0.1, 0.15) is 5.48 Å². The first-order chi connectivity index (χ1) is 6.52. The van der Waals surface area contributed by atoms with E-state index in [1.807, 2.05) is 0 Å². The molecular formula is C6H4BrN3. The summed E-state index contributed by atoms with van der Waals surface area (Å²) in [6.07, 6.45) is -0.446. The predicted octanol–water partition coefficient (Wildman–Crippen LogP) is 1.49. The Kier molecular flexibility index (Phi) is 0.617. The number of nitrogens with zero attached hydrogens (tertiary/aromatic N) is 3. The van der Waals surface area contributed by atoms with Crippen LogP contribution in [0.25, 0.3) is 5.65 Å². The molecule has 0 aromatic carbocycles. The molecule has 0 unspecified atom stereocenters. The molecule has 0 aliphatic rings. The first-order valence-electron chi connectivity index (χ1n) is 4.51. The Hall–Kier alpha value is -0.900. The molecule has 0 spiro atoms. The van der Waals surface area contributed by atoms with E-state index in [2.05, 4.69) is 26.0 Å². The van der Waals surface area contributed by atoms with E-state index >= 15 is 0 Å². The van der Waals surface area contributed by atoms with Gasteiger partial charge in [0, 0.05) is 10.6 Å². The Morgan fingerprint density at radius 3 is 3.50 bits per heavy atom. The maximum absolute atomic E-state index is 7.58. The van der Waals surface area contributed by atoms with E-state index < -0.39 is 0 Å². The lowest BCUT2D eigenvalue weighted by Gasteiger charge is -1.89. The first-order valence-corrected chi connectivity index (χ1v) is 3.30. The lowest BCUT2D eigenvalue weighted by atomic mass is 10.5. The molecule has 0 saturated heterocycles. The van der Waals surface area contributed by atoms with Crippen LogP contribution in [0.3, 0.4) is 0 Å². The Morgan fingerprint density at radius 2 is 2.60 bits per heavy atom. The maximum atomic E-state index is 7.58. The summed E-state index contributed by atoms with van der Waals surface area (Å²) in [5.41, 5.74) is 0.114. The normalized spacial score (nSPS) is 16.1. The minimum Gasteiger partial charge on any atom is -0.221 e. The quantitative estimate of drug-likeness (QED) is 0.647. The molecular weight excluding hydrogens is 194 g/mol. The Morgan fingerprint density at radius 1 is 1.70 bits per heavy atom. The highest BCUT2D eigenvalue weighted by molar-refractivity contribution is 9.10. The van der Waals surface area contributed by atoms with Crippen molar-refractivity contribution in [3.05, 3.63) is 29.0 Å². The summed E-state index contributed by atoms with van der Waals surface area (Å²) in [4.78, 5) is 3.67. The molecule has 0 N–H and O–H groups in total. The zero-order valence-electron chi connectivity index (χ0n) is 8.72. The van der Waals surface area contributed by atoms with Crippen molar-refractivity contribution in [2.45, 2.75) is 0 Å². The summed E-state index contributed by atoms with van der Waals surface area (Å²) in [6.45, 7) is 0. The van der Waals surface area contributed by atoms with Gasteiger partial charge < -0.3 is 0 Å². The van der Waals surface area contributed by atoms with Crippen LogP contribution in [0.4, 0.5) is 0 Å². The molecule has 0 fully saturated rings. The van der Waals surface area contributed by atoms with E-state index in [4.69, 9.17) is 5.48 Å². The van der Waals surface area contributed by atoms with Crippen LogP contribution in [0.2, 0.25) is 0 Å². The minimum absolute atomic E-state index is 0.0306. The van der Waals surface area contributed by atoms with Crippen molar-refractivity contribution in [1.29, 1.82) is 0 Å². The zero-order valence-corrected chi connectivity index (χ0v) is 6.31. The fraction of sp³-hybridized carbons (Fsp3) is 0. The van der Waals surface area contributed by atoms with E-state index in [1.54, 1.807) is 0 Å². The molecule has 2 aromatic heterocycles. The van der Waals surface area contributed by atoms with Gasteiger partial charge in [0.05, 0.1) is 4.11 Å². The topological polar surface area (TPSA) is 30.2 Å². The molecule has 2 rings (SSSR count). The standard InChI is InChI=1S/C6H4BrN3/c7-5-1-2-10-6(3-5)8-4-9-10/h1-4H/i1D,2D,3D,4D. The van der Waals surface area contributed by atoms with Crippen molar-refractivity contribution < 1.29 is 5.48 Å². The van der Waals surface area contributed by atoms with Gasteiger partial charge in [-0.05, 0) is 12.1 Å². The Labute approximate surface area is 71.4 Å². The van der Waals surface area contributed by atoms with Crippen LogP contribution in [-0.4, -0.2) is 14.6 Å². The average molecular weight is 202 g/mol. The molecule has 50 valence electrons. The third kappa shape index (κ3) is 0.806. The molecule has 0 radical (unpaired) electrons. The van der Waals surface area contributed by atoms with Crippen LogP contribution in [0, 0.1) is 0 Å². The molecule has 2 heterocycles. The van der Waals surface area contributed by atoms with Gasteiger partial charge in [-0.15, -0.1) is 0 Å². The van der Waals surface area contributed by atoms with Gasteiger partial charge in [0.15, 0.2) is 5.65 Å². The number of hydrogen-bond donors (Lipinski definition) is 0. The van der Waals surface area contributed by atoms with Gasteiger partial charge >= 0.3 is 0 Å². The van der Waals surface area contributed by atoms with Gasteiger partial charge in [0.1, 0.15) is 7.67 Å². The molecule has 0 saturated carbocycles. The number of halogens is 1. The molecule has 0 bridgehead atoms. The van der Waals surface area contributed by atoms with Crippen molar-refractivity contribution >= 4 is 21.6 Å². The molecule has 3 nitrogen and oxygen atoms in total. The fourth-order valence-electron chi connectivity index (χ4n) is 0.599. The number of hydrogen-bond acceptors (Lipinski definition) is 2. The number of pyridine rings is 1. The third-order valence-electron chi connectivity index (χ3n) is 0.994. The van der Waals surface area contributed by atoms with E-state index in [-0.39, 0.29) is 34.7 Å². The molecule has 10 heavy (non-hydrogen) atoms. The van der Waals surface area contributed by atoms with Gasteiger partial charge in [-0.3, -0.25) is 0 Å². The average Bonchev–Trinajstić information content (AvgIpc) is 2.54. The van der Waals surface area contributed by atoms with Gasteiger partial charge in [-0.25, -0.2) is 9.50 Å². The van der Waals surface area contributed by atoms with Gasteiger partial charge in [-0.1, -0.05) is 15.9 Å². The summed E-state index contributed by atoms with van der Waals surface area (Å²) in [6, 6.07) is -0.163. The summed E-state index contributed by atoms with van der Waals surface area (Å²) < 4.78 is 30.9. The zero-order chi connectivity index (χ0) is 10.5. The summed E-state index contributed by atoms with van der Waals surface area (Å²) >= 11 is 3.02. The lowest BCUT2D eigenvalue weighted by Crippen LogP contribution is -1.83. The van der Waals surface area contributed by atoms with Crippen LogP contribution in [0.15, 0.2) is 29.0 Å². The second-order valence-electron chi connectivity index (χ2n) is 1.62. The maximum Gasteiger partial charge on any atom is 0.156 e. The Balaban J connectivity index is 3.01. The van der Waals surface area contributed by atoms with Gasteiger partial charge in [0.2, 0.25) is 0 Å². The number of fused-ring (bicyclic) bond motifs is 1. The van der Waals surface area contributed by atoms with Crippen LogP contribution < -0.4 is 0 Å². The number of rotatable bonds is 0. The SMILES string of the molecule is [2H]c1nc2c([2H])c(Br)c([2H])c([2H])n2n1. The molecule has 0 aliphatic carbocycles. The molecule has 4 heteroatoms. The first kappa shape index (κ1) is 3.00. The monoisotopic (exact) mass is 201 g/mol. The third-order valence-corrected chi connectivity index (χ3v) is 1.39. The summed E-state index contributed by atoms with van der Waals surface area (Å²) in [7, 11) is 0. The van der Waals surface area contributed by atoms with Crippen LogP contribution >= 0.6 is 15.9 Å². The molecule has 0 amide bonds. The van der Waals surface area contributed by atoms with Gasteiger partial charge in [0.25, 0.3) is 0 Å². The molecule has 0 aliphatic heterocycles. The van der Waals surface area contributed by atoms with Crippen molar-refractivity contribution in [2.75, 3.05) is 0 Å². The van der Waals surface area contributed by atoms with E-state index in [0.717, 1.165) is 4.52 Å². The predicted molar refractivity (Wildman–Crippen MR) is 40.7 cm³/mol. The van der Waals surface area contributed by atoms with Gasteiger partial charge in [-0.2, -0.15) is 5.10 Å². The number of aromatic nitrogens is 3. The van der Waals surface area contributed by atoms with Crippen LogP contribution in [-0.2, 0) is 0 Å². The van der Waals surface area contributed by atoms with Crippen molar-refractivity contribution in [3.63, 3.8) is 0 Å². The van der Waals surface area contributed by atoms with E-state index in [1.165, 1.54) is 0 Å². The largest absolute Gasteiger partial charge is 0.221 e. The van der Waals surface area contributed by atoms with Crippen molar-refractivity contribution in [2.24, 2.45) is 0 Å². The van der Waals surface area contributed by atoms with Crippen LogP contribution in [0.5, 0.6) is 0 Å². The van der Waals surface area contributed by atoms with Crippen molar-refractivity contribution in [3.8, 4) is 0 Å². The second-order valence-corrected chi connectivity index (χ2v) is 2.42. The smallest absolute Gasteiger partial charge is 0.156 e. The fourth-order valence-corrected chi connectivity index (χ4v) is 0.865. The van der Waals surface area contributed by atoms with E-state index in [9.17, 15) is 0 Å². The highest BCUT2D eigenvalue weighted by Crippen LogP contribution is 2.09. The summed E-state index contributed by atoms with van der Waals surface area (Å²) in [5, 5.41) is 3.60. The highest BCUT2D eigenvalue weighted by Gasteiger charge is 1.92. The second kappa shape index (κ2) is 2.05. The molecule has 2 aromatic rings.